The summed E-state index contributed by atoms with van der Waals surface area (Å²) in [7, 11) is 0. The highest BCUT2D eigenvalue weighted by Crippen LogP contribution is 2.25. The van der Waals surface area contributed by atoms with Crippen LogP contribution in [-0.2, 0) is 6.42 Å². The number of nitrogens with zero attached hydrogens (tertiary/aromatic N) is 4. The van der Waals surface area contributed by atoms with Gasteiger partial charge in [-0.1, -0.05) is 18.5 Å². The van der Waals surface area contributed by atoms with Gasteiger partial charge in [-0.05, 0) is 22.4 Å². The van der Waals surface area contributed by atoms with Crippen molar-refractivity contribution in [2.24, 2.45) is 0 Å². The second kappa shape index (κ2) is 4.24. The van der Waals surface area contributed by atoms with Crippen LogP contribution in [0, 0.1) is 0 Å². The van der Waals surface area contributed by atoms with Crippen LogP contribution in [0.25, 0.3) is 11.6 Å². The molecule has 5 nitrogen and oxygen atoms in total. The average molecular weight is 289 g/mol. The largest absolute Gasteiger partial charge is 0.257 e. The third-order valence-electron chi connectivity index (χ3n) is 1.84. The molecule has 0 saturated carbocycles. The summed E-state index contributed by atoms with van der Waals surface area (Å²) in [6, 6.07) is 0. The van der Waals surface area contributed by atoms with Gasteiger partial charge in [0.25, 0.3) is 0 Å². The number of hydrogen-bond acceptors (Lipinski definition) is 4. The van der Waals surface area contributed by atoms with Crippen LogP contribution >= 0.6 is 27.5 Å². The average Bonchev–Trinajstić information content (AvgIpc) is 2.75. The van der Waals surface area contributed by atoms with Gasteiger partial charge >= 0.3 is 0 Å². The Hall–Kier alpha value is -1.01. The van der Waals surface area contributed by atoms with Crippen LogP contribution in [0.5, 0.6) is 0 Å². The summed E-state index contributed by atoms with van der Waals surface area (Å²) in [5.74, 6) is 0.969. The molecule has 78 valence electrons. The van der Waals surface area contributed by atoms with E-state index in [0.29, 0.717) is 16.8 Å². The molecule has 2 aromatic rings. The van der Waals surface area contributed by atoms with Gasteiger partial charge in [-0.3, -0.25) is 5.10 Å². The molecular formula is C8H7BrClN5. The molecular weight excluding hydrogens is 281 g/mol. The normalized spacial score (nSPS) is 10.6. The minimum absolute atomic E-state index is 0.383. The summed E-state index contributed by atoms with van der Waals surface area (Å²) >= 11 is 9.29. The van der Waals surface area contributed by atoms with Crippen LogP contribution in [-0.4, -0.2) is 25.1 Å². The van der Waals surface area contributed by atoms with Gasteiger partial charge in [0.05, 0.1) is 10.2 Å². The molecule has 0 atom stereocenters. The number of aromatic amines is 1. The van der Waals surface area contributed by atoms with Gasteiger partial charge in [-0.25, -0.2) is 15.0 Å². The Balaban J connectivity index is 2.55. The molecule has 0 spiro atoms. The Morgan fingerprint density at radius 3 is 2.87 bits per heavy atom. The molecule has 7 heteroatoms. The molecule has 2 aromatic heterocycles. The van der Waals surface area contributed by atoms with Crippen molar-refractivity contribution in [2.45, 2.75) is 13.3 Å². The predicted molar refractivity (Wildman–Crippen MR) is 59.5 cm³/mol. The lowest BCUT2D eigenvalue weighted by Gasteiger charge is -2.03. The maximum absolute atomic E-state index is 5.95. The molecule has 0 bridgehead atoms. The molecule has 0 saturated heterocycles. The van der Waals surface area contributed by atoms with Crippen molar-refractivity contribution in [2.75, 3.05) is 0 Å². The van der Waals surface area contributed by atoms with E-state index in [1.807, 2.05) is 6.92 Å². The first-order valence-electron chi connectivity index (χ1n) is 4.30. The number of halogens is 2. The third-order valence-corrected chi connectivity index (χ3v) is 3.18. The highest BCUT2D eigenvalue weighted by molar-refractivity contribution is 9.10. The van der Waals surface area contributed by atoms with E-state index in [0.717, 1.165) is 16.6 Å². The Labute approximate surface area is 99.4 Å². The lowest BCUT2D eigenvalue weighted by atomic mass is 10.3. The second-order valence-corrected chi connectivity index (χ2v) is 3.94. The van der Waals surface area contributed by atoms with Crippen molar-refractivity contribution >= 4 is 27.5 Å². The quantitative estimate of drug-likeness (QED) is 0.861. The predicted octanol–water partition coefficient (Wildman–Crippen LogP) is 2.24. The Morgan fingerprint density at radius 2 is 2.27 bits per heavy atom. The zero-order valence-electron chi connectivity index (χ0n) is 7.83. The molecule has 15 heavy (non-hydrogen) atoms. The fraction of sp³-hybridized carbons (Fsp3) is 0.250. The van der Waals surface area contributed by atoms with E-state index in [1.165, 1.54) is 6.33 Å². The topological polar surface area (TPSA) is 67.3 Å². The summed E-state index contributed by atoms with van der Waals surface area (Å²) in [6.07, 6.45) is 2.17. The van der Waals surface area contributed by atoms with Crippen LogP contribution < -0.4 is 0 Å². The zero-order chi connectivity index (χ0) is 10.8. The minimum atomic E-state index is 0.383. The molecule has 0 fully saturated rings. The fourth-order valence-corrected chi connectivity index (χ4v) is 1.76. The van der Waals surface area contributed by atoms with Crippen molar-refractivity contribution in [1.29, 1.82) is 0 Å². The van der Waals surface area contributed by atoms with Gasteiger partial charge in [-0.15, -0.1) is 0 Å². The summed E-state index contributed by atoms with van der Waals surface area (Å²) in [5.41, 5.74) is 0.849. The molecule has 0 unspecified atom stereocenters. The monoisotopic (exact) mass is 287 g/mol. The molecule has 0 radical (unpaired) electrons. The first-order chi connectivity index (χ1) is 7.22. The number of hydrogen-bond donors (Lipinski definition) is 1. The van der Waals surface area contributed by atoms with E-state index >= 15 is 0 Å². The Morgan fingerprint density at radius 1 is 1.47 bits per heavy atom. The van der Waals surface area contributed by atoms with E-state index in [-0.39, 0.29) is 0 Å². The van der Waals surface area contributed by atoms with Crippen LogP contribution in [0.3, 0.4) is 0 Å². The van der Waals surface area contributed by atoms with Crippen LogP contribution in [0.1, 0.15) is 12.6 Å². The summed E-state index contributed by atoms with van der Waals surface area (Å²) < 4.78 is 0.731. The molecule has 0 aromatic carbocycles. The molecule has 1 N–H and O–H groups in total. The van der Waals surface area contributed by atoms with E-state index in [4.69, 9.17) is 11.6 Å². The van der Waals surface area contributed by atoms with Gasteiger partial charge in [0.15, 0.2) is 11.6 Å². The Kier molecular flexibility index (Phi) is 2.97. The van der Waals surface area contributed by atoms with E-state index in [9.17, 15) is 0 Å². The standard InChI is InChI=1S/C8H7BrClN5/c1-2-4-5(9)6(10)14-8(13-4)7-11-3-12-15-7/h3H,2H2,1H3,(H,11,12,15). The number of aromatic nitrogens is 5. The van der Waals surface area contributed by atoms with Crippen LogP contribution in [0.4, 0.5) is 0 Å². The minimum Gasteiger partial charge on any atom is -0.257 e. The van der Waals surface area contributed by atoms with Gasteiger partial charge in [0.1, 0.15) is 11.5 Å². The lowest BCUT2D eigenvalue weighted by Crippen LogP contribution is -1.98. The fourth-order valence-electron chi connectivity index (χ4n) is 1.12. The molecule has 0 aliphatic carbocycles. The van der Waals surface area contributed by atoms with E-state index < -0.39 is 0 Å². The van der Waals surface area contributed by atoms with Crippen molar-refractivity contribution in [1.82, 2.24) is 25.1 Å². The Bertz CT molecular complexity index is 470. The van der Waals surface area contributed by atoms with Gasteiger partial charge in [0.2, 0.25) is 0 Å². The number of aryl methyl sites for hydroxylation is 1. The SMILES string of the molecule is CCc1nc(-c2ncn[nH]2)nc(Cl)c1Br. The summed E-state index contributed by atoms with van der Waals surface area (Å²) in [5, 5.41) is 6.81. The molecule has 0 aliphatic heterocycles. The number of nitrogens with one attached hydrogen (secondary N) is 1. The van der Waals surface area contributed by atoms with E-state index in [2.05, 4.69) is 41.1 Å². The number of H-pyrrole nitrogens is 1. The van der Waals surface area contributed by atoms with Gasteiger partial charge in [-0.2, -0.15) is 5.10 Å². The lowest BCUT2D eigenvalue weighted by molar-refractivity contribution is 0.972. The molecule has 2 rings (SSSR count). The third kappa shape index (κ3) is 2.00. The van der Waals surface area contributed by atoms with Crippen molar-refractivity contribution in [3.05, 3.63) is 21.6 Å². The highest BCUT2D eigenvalue weighted by atomic mass is 79.9. The van der Waals surface area contributed by atoms with Crippen molar-refractivity contribution in [3.63, 3.8) is 0 Å². The first-order valence-corrected chi connectivity index (χ1v) is 5.47. The number of rotatable bonds is 2. The van der Waals surface area contributed by atoms with Crippen LogP contribution in [0.15, 0.2) is 10.8 Å². The summed E-state index contributed by atoms with van der Waals surface area (Å²) in [4.78, 5) is 12.4. The highest BCUT2D eigenvalue weighted by Gasteiger charge is 2.12. The smallest absolute Gasteiger partial charge is 0.198 e. The maximum Gasteiger partial charge on any atom is 0.198 e. The van der Waals surface area contributed by atoms with E-state index in [1.54, 1.807) is 0 Å². The molecule has 0 amide bonds. The van der Waals surface area contributed by atoms with Crippen molar-refractivity contribution < 1.29 is 0 Å². The first kappa shape index (κ1) is 10.5. The molecule has 0 aliphatic rings. The van der Waals surface area contributed by atoms with Gasteiger partial charge < -0.3 is 0 Å². The second-order valence-electron chi connectivity index (χ2n) is 2.79. The van der Waals surface area contributed by atoms with Crippen molar-refractivity contribution in [3.8, 4) is 11.6 Å². The maximum atomic E-state index is 5.95. The molecule has 2 heterocycles. The van der Waals surface area contributed by atoms with Gasteiger partial charge in [0, 0.05) is 0 Å². The van der Waals surface area contributed by atoms with Crippen LogP contribution in [0.2, 0.25) is 5.15 Å². The summed E-state index contributed by atoms with van der Waals surface area (Å²) in [6.45, 7) is 1.99. The zero-order valence-corrected chi connectivity index (χ0v) is 10.2.